The topological polar surface area (TPSA) is 86.6 Å². The summed E-state index contributed by atoms with van der Waals surface area (Å²) in [7, 11) is 0. The zero-order chi connectivity index (χ0) is 13.6. The van der Waals surface area contributed by atoms with Crippen LogP contribution in [0.3, 0.4) is 0 Å². The molecule has 0 aliphatic heterocycles. The molecule has 0 aromatic rings. The highest BCUT2D eigenvalue weighted by molar-refractivity contribution is 5.86. The van der Waals surface area contributed by atoms with Gasteiger partial charge in [0, 0.05) is 0 Å². The predicted octanol–water partition coefficient (Wildman–Crippen LogP) is 0.929. The minimum absolute atomic E-state index is 0.162. The van der Waals surface area contributed by atoms with Crippen molar-refractivity contribution in [1.82, 2.24) is 5.32 Å². The number of carbonyl (C=O) groups excluding carboxylic acids is 1. The fraction of sp³-hybridized carbons (Fsp3) is 0.667. The van der Waals surface area contributed by atoms with E-state index in [0.717, 1.165) is 0 Å². The quantitative estimate of drug-likeness (QED) is 0.580. The number of carbonyl (C=O) groups is 2. The minimum Gasteiger partial charge on any atom is -0.480 e. The maximum Gasteiger partial charge on any atom is 0.326 e. The molecule has 0 saturated heterocycles. The summed E-state index contributed by atoms with van der Waals surface area (Å²) in [5.74, 6) is -1.61. The van der Waals surface area contributed by atoms with Gasteiger partial charge in [-0.1, -0.05) is 19.4 Å². The number of nitrogens with one attached hydrogen (secondary N) is 1. The van der Waals surface area contributed by atoms with Gasteiger partial charge in [-0.3, -0.25) is 4.79 Å². The number of hydrogen-bond donors (Lipinski definition) is 3. The van der Waals surface area contributed by atoms with Gasteiger partial charge in [0.15, 0.2) is 0 Å². The van der Waals surface area contributed by atoms with Crippen molar-refractivity contribution in [3.05, 3.63) is 12.2 Å². The van der Waals surface area contributed by atoms with Crippen LogP contribution >= 0.6 is 0 Å². The van der Waals surface area contributed by atoms with Crippen molar-refractivity contribution in [3.63, 3.8) is 0 Å². The number of carboxylic acid groups (broad SMARTS) is 1. The second-order valence-corrected chi connectivity index (χ2v) is 4.71. The van der Waals surface area contributed by atoms with Crippen LogP contribution in [0.15, 0.2) is 12.2 Å². The molecule has 0 heterocycles. The van der Waals surface area contributed by atoms with E-state index in [4.69, 9.17) is 5.11 Å². The molecule has 0 fully saturated rings. The van der Waals surface area contributed by atoms with Crippen LogP contribution in [0.25, 0.3) is 0 Å². The highest BCUT2D eigenvalue weighted by Gasteiger charge is 2.24. The number of amides is 1. The third-order valence-corrected chi connectivity index (χ3v) is 2.16. The van der Waals surface area contributed by atoms with Gasteiger partial charge >= 0.3 is 5.97 Å². The van der Waals surface area contributed by atoms with E-state index in [1.165, 1.54) is 0 Å². The number of carboxylic acids is 1. The van der Waals surface area contributed by atoms with E-state index in [1.54, 1.807) is 6.92 Å². The van der Waals surface area contributed by atoms with Crippen LogP contribution in [-0.2, 0) is 9.59 Å². The summed E-state index contributed by atoms with van der Waals surface area (Å²) in [4.78, 5) is 22.4. The first-order valence-electron chi connectivity index (χ1n) is 5.59. The standard InChI is InChI=1S/C12H21NO4/c1-7(2)5-9(12(16)17)13-11(15)10(14)6-8(3)4/h8-10,14H,1,5-6H2,2-4H3,(H,13,15)(H,16,17)/t9-,10-/m0/s1. The Morgan fingerprint density at radius 2 is 1.88 bits per heavy atom. The Kier molecular flexibility index (Phi) is 6.50. The average Bonchev–Trinajstić information content (AvgIpc) is 2.14. The Balaban J connectivity index is 4.39. The second kappa shape index (κ2) is 7.06. The summed E-state index contributed by atoms with van der Waals surface area (Å²) >= 11 is 0. The maximum absolute atomic E-state index is 11.5. The van der Waals surface area contributed by atoms with Crippen molar-refractivity contribution in [2.45, 2.75) is 45.8 Å². The SMILES string of the molecule is C=C(C)C[C@H](NC(=O)[C@@H](O)CC(C)C)C(=O)O. The van der Waals surface area contributed by atoms with Gasteiger partial charge in [0.25, 0.3) is 0 Å². The first kappa shape index (κ1) is 15.6. The van der Waals surface area contributed by atoms with Gasteiger partial charge in [0.1, 0.15) is 12.1 Å². The van der Waals surface area contributed by atoms with Crippen LogP contribution in [0.2, 0.25) is 0 Å². The molecule has 0 aliphatic rings. The van der Waals surface area contributed by atoms with E-state index in [-0.39, 0.29) is 12.3 Å². The van der Waals surface area contributed by atoms with Gasteiger partial charge in [0.2, 0.25) is 5.91 Å². The molecule has 0 radical (unpaired) electrons. The van der Waals surface area contributed by atoms with E-state index in [1.807, 2.05) is 13.8 Å². The summed E-state index contributed by atoms with van der Waals surface area (Å²) in [5, 5.41) is 20.7. The van der Waals surface area contributed by atoms with E-state index in [9.17, 15) is 14.7 Å². The molecule has 5 nitrogen and oxygen atoms in total. The van der Waals surface area contributed by atoms with Crippen LogP contribution in [0.4, 0.5) is 0 Å². The summed E-state index contributed by atoms with van der Waals surface area (Å²) in [5.41, 5.74) is 0.663. The summed E-state index contributed by atoms with van der Waals surface area (Å²) in [6.45, 7) is 9.04. The maximum atomic E-state index is 11.5. The Morgan fingerprint density at radius 1 is 1.35 bits per heavy atom. The average molecular weight is 243 g/mol. The molecule has 1 amide bonds. The number of rotatable bonds is 7. The molecule has 0 aromatic heterocycles. The van der Waals surface area contributed by atoms with Crippen molar-refractivity contribution in [2.75, 3.05) is 0 Å². The number of aliphatic hydroxyl groups is 1. The van der Waals surface area contributed by atoms with Gasteiger partial charge in [-0.05, 0) is 25.7 Å². The predicted molar refractivity (Wildman–Crippen MR) is 64.5 cm³/mol. The van der Waals surface area contributed by atoms with Crippen LogP contribution in [0.5, 0.6) is 0 Å². The van der Waals surface area contributed by atoms with Crippen molar-refractivity contribution in [1.29, 1.82) is 0 Å². The first-order chi connectivity index (χ1) is 7.73. The fourth-order valence-corrected chi connectivity index (χ4v) is 1.37. The fourth-order valence-electron chi connectivity index (χ4n) is 1.37. The van der Waals surface area contributed by atoms with Crippen LogP contribution in [0, 0.1) is 5.92 Å². The van der Waals surface area contributed by atoms with Crippen LogP contribution < -0.4 is 5.32 Å². The molecule has 2 atom stereocenters. The zero-order valence-electron chi connectivity index (χ0n) is 10.6. The molecule has 0 saturated carbocycles. The Labute approximate surface area is 102 Å². The lowest BCUT2D eigenvalue weighted by Gasteiger charge is -2.18. The van der Waals surface area contributed by atoms with Crippen molar-refractivity contribution < 1.29 is 19.8 Å². The Morgan fingerprint density at radius 3 is 2.24 bits per heavy atom. The Bertz CT molecular complexity index is 299. The smallest absolute Gasteiger partial charge is 0.326 e. The molecule has 17 heavy (non-hydrogen) atoms. The minimum atomic E-state index is -1.16. The van der Waals surface area contributed by atoms with Crippen LogP contribution in [-0.4, -0.2) is 34.2 Å². The van der Waals surface area contributed by atoms with Crippen molar-refractivity contribution in [2.24, 2.45) is 5.92 Å². The molecule has 0 bridgehead atoms. The number of hydrogen-bond acceptors (Lipinski definition) is 3. The zero-order valence-corrected chi connectivity index (χ0v) is 10.6. The Hall–Kier alpha value is -1.36. The molecule has 3 N–H and O–H groups in total. The summed E-state index contributed by atoms with van der Waals surface area (Å²) in [6.07, 6.45) is -0.692. The molecule has 0 aliphatic carbocycles. The molecule has 5 heteroatoms. The van der Waals surface area contributed by atoms with Gasteiger partial charge in [-0.25, -0.2) is 4.79 Å². The van der Waals surface area contributed by atoms with Gasteiger partial charge < -0.3 is 15.5 Å². The van der Waals surface area contributed by atoms with Crippen molar-refractivity contribution >= 4 is 11.9 Å². The molecular weight excluding hydrogens is 222 g/mol. The lowest BCUT2D eigenvalue weighted by Crippen LogP contribution is -2.45. The van der Waals surface area contributed by atoms with Gasteiger partial charge in [-0.2, -0.15) is 0 Å². The molecule has 98 valence electrons. The van der Waals surface area contributed by atoms with E-state index < -0.39 is 24.0 Å². The first-order valence-corrected chi connectivity index (χ1v) is 5.59. The molecular formula is C12H21NO4. The van der Waals surface area contributed by atoms with Gasteiger partial charge in [-0.15, -0.1) is 6.58 Å². The van der Waals surface area contributed by atoms with Crippen molar-refractivity contribution in [3.8, 4) is 0 Å². The third-order valence-electron chi connectivity index (χ3n) is 2.16. The van der Waals surface area contributed by atoms with Gasteiger partial charge in [0.05, 0.1) is 0 Å². The van der Waals surface area contributed by atoms with E-state index in [2.05, 4.69) is 11.9 Å². The lowest BCUT2D eigenvalue weighted by molar-refractivity contribution is -0.143. The third kappa shape index (κ3) is 6.73. The molecule has 0 spiro atoms. The van der Waals surface area contributed by atoms with Crippen LogP contribution in [0.1, 0.15) is 33.6 Å². The number of aliphatic hydroxyl groups excluding tert-OH is 1. The second-order valence-electron chi connectivity index (χ2n) is 4.71. The highest BCUT2D eigenvalue weighted by atomic mass is 16.4. The van der Waals surface area contributed by atoms with E-state index in [0.29, 0.717) is 12.0 Å². The van der Waals surface area contributed by atoms with E-state index >= 15 is 0 Å². The molecule has 0 rings (SSSR count). The molecule has 0 unspecified atom stereocenters. The monoisotopic (exact) mass is 243 g/mol. The summed E-state index contributed by atoms with van der Waals surface area (Å²) in [6, 6.07) is -1.03. The largest absolute Gasteiger partial charge is 0.480 e. The normalized spacial score (nSPS) is 14.2. The highest BCUT2D eigenvalue weighted by Crippen LogP contribution is 2.07. The lowest BCUT2D eigenvalue weighted by atomic mass is 10.0. The molecule has 0 aromatic carbocycles. The summed E-state index contributed by atoms with van der Waals surface area (Å²) < 4.78 is 0. The number of aliphatic carboxylic acids is 1.